The van der Waals surface area contributed by atoms with Crippen molar-refractivity contribution in [1.82, 2.24) is 19.8 Å². The van der Waals surface area contributed by atoms with E-state index in [1.807, 2.05) is 25.1 Å². The van der Waals surface area contributed by atoms with Crippen molar-refractivity contribution in [3.8, 4) is 11.4 Å². The van der Waals surface area contributed by atoms with Gasteiger partial charge in [-0.05, 0) is 42.9 Å². The average Bonchev–Trinajstić information content (AvgIpc) is 3.24. The molecule has 2 heterocycles. The van der Waals surface area contributed by atoms with Crippen molar-refractivity contribution in [2.24, 2.45) is 5.92 Å². The van der Waals surface area contributed by atoms with Crippen LogP contribution >= 0.6 is 11.6 Å². The average molecular weight is 546 g/mol. The number of nitrogens with one attached hydrogen (secondary N) is 2. The minimum Gasteiger partial charge on any atom is -0.332 e. The Morgan fingerprint density at radius 1 is 1.24 bits per heavy atom. The Balaban J connectivity index is 1.57. The number of aromatic nitrogens is 2. The maximum absolute atomic E-state index is 13.2. The molecule has 10 heteroatoms. The zero-order valence-electron chi connectivity index (χ0n) is 21.4. The van der Waals surface area contributed by atoms with Crippen LogP contribution in [0.15, 0.2) is 48.5 Å². The monoisotopic (exact) mass is 545 g/mol. The zero-order chi connectivity index (χ0) is 27.4. The highest BCUT2D eigenvalue weighted by Crippen LogP contribution is 2.31. The summed E-state index contributed by atoms with van der Waals surface area (Å²) in [6, 6.07) is 13.5. The van der Waals surface area contributed by atoms with Gasteiger partial charge in [0.25, 0.3) is 0 Å². The molecule has 4 rings (SSSR count). The van der Waals surface area contributed by atoms with Crippen molar-refractivity contribution in [3.05, 3.63) is 76.1 Å². The first-order valence-electron chi connectivity index (χ1n) is 12.7. The van der Waals surface area contributed by atoms with Gasteiger partial charge >= 0.3 is 12.2 Å². The Morgan fingerprint density at radius 2 is 1.97 bits per heavy atom. The van der Waals surface area contributed by atoms with Crippen LogP contribution in [0.5, 0.6) is 0 Å². The van der Waals surface area contributed by atoms with Crippen molar-refractivity contribution >= 4 is 23.5 Å². The first-order valence-corrected chi connectivity index (χ1v) is 13.1. The fourth-order valence-electron chi connectivity index (χ4n) is 4.65. The van der Waals surface area contributed by atoms with Gasteiger partial charge in [-0.2, -0.15) is 13.2 Å². The summed E-state index contributed by atoms with van der Waals surface area (Å²) in [6.45, 7) is 4.30. The van der Waals surface area contributed by atoms with Crippen LogP contribution < -0.4 is 5.32 Å². The molecule has 1 unspecified atom stereocenters. The van der Waals surface area contributed by atoms with Crippen molar-refractivity contribution in [2.45, 2.75) is 58.8 Å². The number of carbonyl (C=O) groups excluding carboxylic acids is 1. The third kappa shape index (κ3) is 6.56. The quantitative estimate of drug-likeness (QED) is 0.252. The lowest BCUT2D eigenvalue weighted by Gasteiger charge is -2.25. The number of aryl methyl sites for hydroxylation is 1. The van der Waals surface area contributed by atoms with E-state index in [1.165, 1.54) is 0 Å². The SMILES string of the molecule is CCc1ccc(C(=N)N(CCC(F)(F)F)C(=O)NCc2nc(-c3cccc(Cl)c3)n3c2CCC(C)C3)cc1. The van der Waals surface area contributed by atoms with Crippen LogP contribution in [0.25, 0.3) is 11.4 Å². The van der Waals surface area contributed by atoms with Crippen LogP contribution in [0.3, 0.4) is 0 Å². The molecule has 202 valence electrons. The van der Waals surface area contributed by atoms with Gasteiger partial charge in [0.05, 0.1) is 18.7 Å². The molecule has 1 aliphatic rings. The molecule has 1 aromatic heterocycles. The zero-order valence-corrected chi connectivity index (χ0v) is 22.2. The van der Waals surface area contributed by atoms with Crippen LogP contribution in [0.4, 0.5) is 18.0 Å². The molecule has 38 heavy (non-hydrogen) atoms. The second-order valence-corrected chi connectivity index (χ2v) is 10.1. The van der Waals surface area contributed by atoms with E-state index in [4.69, 9.17) is 22.0 Å². The van der Waals surface area contributed by atoms with Crippen LogP contribution in [0.2, 0.25) is 5.02 Å². The van der Waals surface area contributed by atoms with Crippen LogP contribution in [0, 0.1) is 11.3 Å². The van der Waals surface area contributed by atoms with Crippen LogP contribution in [-0.2, 0) is 25.9 Å². The van der Waals surface area contributed by atoms with Gasteiger partial charge in [0.15, 0.2) is 0 Å². The number of benzene rings is 2. The summed E-state index contributed by atoms with van der Waals surface area (Å²) in [5, 5.41) is 11.8. The Hall–Kier alpha value is -3.33. The van der Waals surface area contributed by atoms with E-state index in [9.17, 15) is 18.0 Å². The van der Waals surface area contributed by atoms with Gasteiger partial charge in [-0.25, -0.2) is 9.78 Å². The van der Waals surface area contributed by atoms with Crippen molar-refractivity contribution < 1.29 is 18.0 Å². The van der Waals surface area contributed by atoms with E-state index < -0.39 is 25.2 Å². The van der Waals surface area contributed by atoms with Gasteiger partial charge in [0.2, 0.25) is 0 Å². The number of amidine groups is 1. The van der Waals surface area contributed by atoms with Gasteiger partial charge in [-0.1, -0.05) is 61.8 Å². The molecular weight excluding hydrogens is 515 g/mol. The third-order valence-corrected chi connectivity index (χ3v) is 7.02. The van der Waals surface area contributed by atoms with Gasteiger partial charge < -0.3 is 9.88 Å². The molecule has 2 N–H and O–H groups in total. The van der Waals surface area contributed by atoms with Crippen molar-refractivity contribution in [3.63, 3.8) is 0 Å². The van der Waals surface area contributed by atoms with Crippen LogP contribution in [0.1, 0.15) is 49.2 Å². The number of fused-ring (bicyclic) bond motifs is 1. The predicted molar refractivity (Wildman–Crippen MR) is 142 cm³/mol. The van der Waals surface area contributed by atoms with E-state index in [1.54, 1.807) is 30.3 Å². The number of urea groups is 1. The van der Waals surface area contributed by atoms with E-state index >= 15 is 0 Å². The van der Waals surface area contributed by atoms with E-state index in [2.05, 4.69) is 16.8 Å². The van der Waals surface area contributed by atoms with Gasteiger partial charge in [-0.15, -0.1) is 0 Å². The molecule has 1 atom stereocenters. The first kappa shape index (κ1) is 27.7. The number of hydrogen-bond acceptors (Lipinski definition) is 3. The van der Waals surface area contributed by atoms with Gasteiger partial charge in [0.1, 0.15) is 11.7 Å². The summed E-state index contributed by atoms with van der Waals surface area (Å²) in [5.41, 5.74) is 3.91. The second kappa shape index (κ2) is 11.6. The molecule has 3 aromatic rings. The largest absolute Gasteiger partial charge is 0.390 e. The molecule has 0 radical (unpaired) electrons. The summed E-state index contributed by atoms with van der Waals surface area (Å²) in [4.78, 5) is 18.8. The van der Waals surface area contributed by atoms with Gasteiger partial charge in [-0.3, -0.25) is 10.3 Å². The lowest BCUT2D eigenvalue weighted by atomic mass is 9.98. The number of hydrogen-bond donors (Lipinski definition) is 2. The van der Waals surface area contributed by atoms with E-state index in [-0.39, 0.29) is 12.4 Å². The molecule has 0 saturated heterocycles. The summed E-state index contributed by atoms with van der Waals surface area (Å²) >= 11 is 6.21. The lowest BCUT2D eigenvalue weighted by molar-refractivity contribution is -0.135. The Labute approximate surface area is 225 Å². The molecule has 2 aromatic carbocycles. The van der Waals surface area contributed by atoms with Gasteiger partial charge in [0, 0.05) is 34.9 Å². The summed E-state index contributed by atoms with van der Waals surface area (Å²) in [6.07, 6.45) is -3.14. The standard InChI is InChI=1S/C28H31ClF3N5O/c1-3-19-8-10-20(11-9-19)25(33)36(14-13-28(30,31)32)27(38)34-16-23-24-12-7-18(2)17-37(24)26(35-23)21-5-4-6-22(29)15-21/h4-6,8-11,15,18,33H,3,7,12-14,16-17H2,1-2H3,(H,34,38). The number of carbonyl (C=O) groups is 1. The molecule has 0 fully saturated rings. The Morgan fingerprint density at radius 3 is 2.63 bits per heavy atom. The highest BCUT2D eigenvalue weighted by molar-refractivity contribution is 6.30. The van der Waals surface area contributed by atoms with Crippen LogP contribution in [-0.4, -0.2) is 39.0 Å². The Bertz CT molecular complexity index is 1300. The molecule has 6 nitrogen and oxygen atoms in total. The van der Waals surface area contributed by atoms with E-state index in [0.717, 1.165) is 53.4 Å². The third-order valence-electron chi connectivity index (χ3n) is 6.78. The summed E-state index contributed by atoms with van der Waals surface area (Å²) in [7, 11) is 0. The normalized spacial score (nSPS) is 15.2. The first-order chi connectivity index (χ1) is 18.1. The molecule has 0 saturated carbocycles. The number of rotatable bonds is 7. The molecular formula is C28H31ClF3N5O. The molecule has 0 bridgehead atoms. The maximum atomic E-state index is 13.2. The number of halogens is 4. The minimum atomic E-state index is -4.46. The number of amides is 2. The molecule has 0 spiro atoms. The highest BCUT2D eigenvalue weighted by atomic mass is 35.5. The van der Waals surface area contributed by atoms with Crippen molar-refractivity contribution in [1.29, 1.82) is 5.41 Å². The number of nitrogens with zero attached hydrogens (tertiary/aromatic N) is 3. The fourth-order valence-corrected chi connectivity index (χ4v) is 4.84. The topological polar surface area (TPSA) is 74.0 Å². The maximum Gasteiger partial charge on any atom is 0.390 e. The van der Waals surface area contributed by atoms with Crippen molar-refractivity contribution in [2.75, 3.05) is 6.54 Å². The number of imidazole rings is 1. The highest BCUT2D eigenvalue weighted by Gasteiger charge is 2.31. The fraction of sp³-hybridized carbons (Fsp3) is 0.393. The summed E-state index contributed by atoms with van der Waals surface area (Å²) < 4.78 is 41.3. The Kier molecular flexibility index (Phi) is 8.45. The van der Waals surface area contributed by atoms with E-state index in [0.29, 0.717) is 22.2 Å². The predicted octanol–water partition coefficient (Wildman–Crippen LogP) is 6.84. The second-order valence-electron chi connectivity index (χ2n) is 9.67. The summed E-state index contributed by atoms with van der Waals surface area (Å²) in [5.74, 6) is 0.917. The smallest absolute Gasteiger partial charge is 0.332 e. The molecule has 0 aliphatic carbocycles. The molecule has 1 aliphatic heterocycles. The molecule has 2 amide bonds. The lowest BCUT2D eigenvalue weighted by Crippen LogP contribution is -2.45. The number of alkyl halides is 3. The minimum absolute atomic E-state index is 0.0354.